The van der Waals surface area contributed by atoms with Gasteiger partial charge in [0, 0.05) is 11.1 Å². The van der Waals surface area contributed by atoms with E-state index >= 15 is 0 Å². The summed E-state index contributed by atoms with van der Waals surface area (Å²) in [6, 6.07) is 16.6. The molecule has 0 radical (unpaired) electrons. The van der Waals surface area contributed by atoms with Gasteiger partial charge in [0.25, 0.3) is 0 Å². The van der Waals surface area contributed by atoms with Gasteiger partial charge in [0.2, 0.25) is 0 Å². The number of benzene rings is 3. The van der Waals surface area contributed by atoms with E-state index < -0.39 is 5.97 Å². The molecule has 3 aromatic carbocycles. The maximum atomic E-state index is 12.7. The van der Waals surface area contributed by atoms with Crippen molar-refractivity contribution in [2.24, 2.45) is 0 Å². The Morgan fingerprint density at radius 3 is 1.88 bits per heavy atom. The number of hydrogen-bond acceptors (Lipinski definition) is 7. The maximum Gasteiger partial charge on any atom is 0.351 e. The number of carbonyl (C=O) groups excluding carboxylic acids is 2. The quantitative estimate of drug-likeness (QED) is 0.201. The van der Waals surface area contributed by atoms with Crippen LogP contribution in [0.15, 0.2) is 66.7 Å². The van der Waals surface area contributed by atoms with Crippen molar-refractivity contribution in [1.82, 2.24) is 0 Å². The number of methoxy groups -OCH3 is 4. The zero-order valence-electron chi connectivity index (χ0n) is 18.8. The maximum absolute atomic E-state index is 12.7. The molecular formula is C26H24O7. The van der Waals surface area contributed by atoms with Crippen molar-refractivity contribution in [2.75, 3.05) is 28.4 Å². The van der Waals surface area contributed by atoms with Gasteiger partial charge in [-0.05, 0) is 66.7 Å². The van der Waals surface area contributed by atoms with Crippen LogP contribution in [0.2, 0.25) is 0 Å². The highest BCUT2D eigenvalue weighted by molar-refractivity contribution is 6.07. The van der Waals surface area contributed by atoms with Crippen LogP contribution in [0.1, 0.15) is 26.3 Å². The number of ether oxygens (including phenoxy) is 5. The Hall–Kier alpha value is -4.26. The Labute approximate surface area is 192 Å². The molecule has 0 saturated carbocycles. The smallest absolute Gasteiger partial charge is 0.351 e. The summed E-state index contributed by atoms with van der Waals surface area (Å²) in [4.78, 5) is 25.3. The van der Waals surface area contributed by atoms with Gasteiger partial charge in [-0.1, -0.05) is 6.07 Å². The van der Waals surface area contributed by atoms with Crippen molar-refractivity contribution in [1.29, 1.82) is 0 Å². The minimum atomic E-state index is -0.631. The Morgan fingerprint density at radius 2 is 1.30 bits per heavy atom. The molecule has 0 aliphatic rings. The van der Waals surface area contributed by atoms with Crippen LogP contribution in [0.4, 0.5) is 0 Å². The average Bonchev–Trinajstić information content (AvgIpc) is 2.86. The summed E-state index contributed by atoms with van der Waals surface area (Å²) in [5.74, 6) is 1.38. The van der Waals surface area contributed by atoms with E-state index in [9.17, 15) is 9.59 Å². The number of carbonyl (C=O) groups is 2. The molecule has 0 atom stereocenters. The lowest BCUT2D eigenvalue weighted by atomic mass is 10.1. The van der Waals surface area contributed by atoms with E-state index in [0.717, 1.165) is 0 Å². The van der Waals surface area contributed by atoms with E-state index in [0.29, 0.717) is 34.1 Å². The monoisotopic (exact) mass is 448 g/mol. The van der Waals surface area contributed by atoms with Gasteiger partial charge in [0.05, 0.1) is 28.4 Å². The molecule has 3 aromatic rings. The number of allylic oxidation sites excluding steroid dienone is 1. The van der Waals surface area contributed by atoms with E-state index in [-0.39, 0.29) is 17.1 Å². The largest absolute Gasteiger partial charge is 0.497 e. The molecule has 0 aliphatic heterocycles. The first-order valence-electron chi connectivity index (χ1n) is 9.98. The number of esters is 1. The molecule has 7 heteroatoms. The fraction of sp³-hybridized carbons (Fsp3) is 0.154. The van der Waals surface area contributed by atoms with Gasteiger partial charge in [-0.2, -0.15) is 0 Å². The molecule has 0 aliphatic carbocycles. The van der Waals surface area contributed by atoms with Gasteiger partial charge < -0.3 is 23.7 Å². The minimum absolute atomic E-state index is 0.179. The van der Waals surface area contributed by atoms with Gasteiger partial charge >= 0.3 is 5.97 Å². The lowest BCUT2D eigenvalue weighted by molar-refractivity contribution is 0.0727. The normalized spacial score (nSPS) is 10.5. The summed E-state index contributed by atoms with van der Waals surface area (Å²) in [5.41, 5.74) is 1.32. The van der Waals surface area contributed by atoms with Crippen molar-refractivity contribution >= 4 is 17.8 Å². The standard InChI is InChI=1S/C26H24O7/c1-29-20-13-15-22(30-2)18(16-20)10-14-21(27)17-8-11-19(12-9-17)33-26(28)25-23(31-3)6-5-7-24(25)32-4/h5-16H,1-4H3/b14-10+. The summed E-state index contributed by atoms with van der Waals surface area (Å²) in [5, 5.41) is 0. The second-order valence-corrected chi connectivity index (χ2v) is 6.76. The van der Waals surface area contributed by atoms with Gasteiger partial charge in [0.15, 0.2) is 5.78 Å². The highest BCUT2D eigenvalue weighted by atomic mass is 16.5. The molecule has 0 heterocycles. The van der Waals surface area contributed by atoms with Crippen LogP contribution >= 0.6 is 0 Å². The molecule has 0 saturated heterocycles. The molecular weight excluding hydrogens is 424 g/mol. The van der Waals surface area contributed by atoms with Crippen molar-refractivity contribution in [2.45, 2.75) is 0 Å². The van der Waals surface area contributed by atoms with Gasteiger partial charge in [-0.3, -0.25) is 4.79 Å². The van der Waals surface area contributed by atoms with E-state index in [1.807, 2.05) is 0 Å². The Kier molecular flexibility index (Phi) is 7.70. The first-order valence-corrected chi connectivity index (χ1v) is 9.98. The number of hydrogen-bond donors (Lipinski definition) is 0. The van der Waals surface area contributed by atoms with Crippen molar-refractivity contribution < 1.29 is 33.3 Å². The predicted octanol–water partition coefficient (Wildman–Crippen LogP) is 4.84. The Morgan fingerprint density at radius 1 is 0.697 bits per heavy atom. The lowest BCUT2D eigenvalue weighted by Gasteiger charge is -2.12. The van der Waals surface area contributed by atoms with Crippen LogP contribution in [-0.2, 0) is 0 Å². The van der Waals surface area contributed by atoms with Crippen LogP contribution in [0.5, 0.6) is 28.7 Å². The van der Waals surface area contributed by atoms with Gasteiger partial charge in [0.1, 0.15) is 34.3 Å². The Balaban J connectivity index is 1.74. The van der Waals surface area contributed by atoms with E-state index in [2.05, 4.69) is 0 Å². The van der Waals surface area contributed by atoms with Crippen LogP contribution in [0.3, 0.4) is 0 Å². The van der Waals surface area contributed by atoms with Crippen molar-refractivity contribution in [3.63, 3.8) is 0 Å². The van der Waals surface area contributed by atoms with Crippen LogP contribution in [0, 0.1) is 0 Å². The van der Waals surface area contributed by atoms with E-state index in [1.54, 1.807) is 81.0 Å². The van der Waals surface area contributed by atoms with Crippen molar-refractivity contribution in [3.05, 3.63) is 83.4 Å². The molecule has 0 amide bonds. The third-order valence-corrected chi connectivity index (χ3v) is 4.83. The predicted molar refractivity (Wildman–Crippen MR) is 124 cm³/mol. The van der Waals surface area contributed by atoms with Crippen LogP contribution in [-0.4, -0.2) is 40.2 Å². The molecule has 170 valence electrons. The highest BCUT2D eigenvalue weighted by Gasteiger charge is 2.20. The molecule has 0 bridgehead atoms. The SMILES string of the molecule is COc1ccc(OC)c(/C=C/C(=O)c2ccc(OC(=O)c3c(OC)cccc3OC)cc2)c1. The van der Waals surface area contributed by atoms with Crippen molar-refractivity contribution in [3.8, 4) is 28.7 Å². The lowest BCUT2D eigenvalue weighted by Crippen LogP contribution is -2.12. The summed E-state index contributed by atoms with van der Waals surface area (Å²) in [7, 11) is 6.04. The molecule has 0 unspecified atom stereocenters. The first-order chi connectivity index (χ1) is 16.0. The minimum Gasteiger partial charge on any atom is -0.497 e. The second-order valence-electron chi connectivity index (χ2n) is 6.76. The van der Waals surface area contributed by atoms with Gasteiger partial charge in [-0.15, -0.1) is 0 Å². The highest BCUT2D eigenvalue weighted by Crippen LogP contribution is 2.30. The summed E-state index contributed by atoms with van der Waals surface area (Å²) < 4.78 is 26.5. The fourth-order valence-electron chi connectivity index (χ4n) is 3.13. The topological polar surface area (TPSA) is 80.3 Å². The number of rotatable bonds is 9. The third-order valence-electron chi connectivity index (χ3n) is 4.83. The van der Waals surface area contributed by atoms with Crippen LogP contribution < -0.4 is 23.7 Å². The summed E-state index contributed by atoms with van der Waals surface area (Å²) >= 11 is 0. The zero-order chi connectivity index (χ0) is 23.8. The van der Waals surface area contributed by atoms with E-state index in [1.165, 1.54) is 20.3 Å². The summed E-state index contributed by atoms with van der Waals surface area (Å²) in [6.07, 6.45) is 3.10. The number of ketones is 1. The molecule has 3 rings (SSSR count). The first kappa shape index (κ1) is 23.4. The molecule has 0 spiro atoms. The molecule has 0 aromatic heterocycles. The summed E-state index contributed by atoms with van der Waals surface area (Å²) in [6.45, 7) is 0. The Bertz CT molecular complexity index is 1140. The fourth-order valence-corrected chi connectivity index (χ4v) is 3.13. The van der Waals surface area contributed by atoms with Gasteiger partial charge in [-0.25, -0.2) is 4.79 Å². The molecule has 0 N–H and O–H groups in total. The zero-order valence-corrected chi connectivity index (χ0v) is 18.8. The van der Waals surface area contributed by atoms with Crippen LogP contribution in [0.25, 0.3) is 6.08 Å². The molecule has 0 fully saturated rings. The molecule has 33 heavy (non-hydrogen) atoms. The second kappa shape index (κ2) is 10.9. The molecule has 7 nitrogen and oxygen atoms in total. The third kappa shape index (κ3) is 5.51. The van der Waals surface area contributed by atoms with E-state index in [4.69, 9.17) is 23.7 Å². The average molecular weight is 448 g/mol.